The summed E-state index contributed by atoms with van der Waals surface area (Å²) in [4.78, 5) is 31.4. The second kappa shape index (κ2) is 7.34. The van der Waals surface area contributed by atoms with Gasteiger partial charge in [-0.25, -0.2) is 0 Å². The van der Waals surface area contributed by atoms with Crippen LogP contribution in [0.3, 0.4) is 0 Å². The summed E-state index contributed by atoms with van der Waals surface area (Å²) in [5.41, 5.74) is 0.772. The van der Waals surface area contributed by atoms with Crippen LogP contribution >= 0.6 is 11.3 Å². The van der Waals surface area contributed by atoms with Gasteiger partial charge in [0.1, 0.15) is 12.6 Å². The van der Waals surface area contributed by atoms with E-state index in [1.54, 1.807) is 22.4 Å². The first-order valence-corrected chi connectivity index (χ1v) is 8.19. The second-order valence-corrected chi connectivity index (χ2v) is 6.20. The van der Waals surface area contributed by atoms with Gasteiger partial charge in [-0.1, -0.05) is 12.1 Å². The lowest BCUT2D eigenvalue weighted by Crippen LogP contribution is -2.55. The van der Waals surface area contributed by atoms with Crippen molar-refractivity contribution in [2.45, 2.75) is 19.1 Å². The molecular weight excluding hydrogens is 314 g/mol. The zero-order chi connectivity index (χ0) is 16.1. The van der Waals surface area contributed by atoms with Crippen LogP contribution in [0.25, 0.3) is 0 Å². The van der Waals surface area contributed by atoms with Crippen LogP contribution in [0.1, 0.15) is 10.6 Å². The molecule has 0 bridgehead atoms. The lowest BCUT2D eigenvalue weighted by atomic mass is 10.2. The van der Waals surface area contributed by atoms with Crippen molar-refractivity contribution in [1.82, 2.24) is 15.2 Å². The van der Waals surface area contributed by atoms with Crippen molar-refractivity contribution in [3.8, 4) is 0 Å². The van der Waals surface area contributed by atoms with Crippen LogP contribution in [-0.2, 0) is 27.4 Å². The van der Waals surface area contributed by atoms with Gasteiger partial charge in [0.25, 0.3) is 0 Å². The topological polar surface area (TPSA) is 71.5 Å². The Kier molecular flexibility index (Phi) is 4.99. The smallest absolute Gasteiger partial charge is 0.249 e. The van der Waals surface area contributed by atoms with E-state index in [1.807, 2.05) is 35.7 Å². The van der Waals surface area contributed by atoms with Gasteiger partial charge in [-0.15, -0.1) is 11.3 Å². The molecule has 1 fully saturated rings. The number of nitrogens with one attached hydrogen (secondary N) is 1. The average Bonchev–Trinajstić information content (AvgIpc) is 3.08. The molecular formula is C16H17N3O3S. The van der Waals surface area contributed by atoms with E-state index >= 15 is 0 Å². The van der Waals surface area contributed by atoms with E-state index in [4.69, 9.17) is 4.74 Å². The van der Waals surface area contributed by atoms with Crippen LogP contribution in [0.15, 0.2) is 41.9 Å². The highest BCUT2D eigenvalue weighted by Gasteiger charge is 2.34. The van der Waals surface area contributed by atoms with E-state index in [9.17, 15) is 9.59 Å². The molecule has 1 saturated heterocycles. The minimum Gasteiger partial charge on any atom is -0.369 e. The van der Waals surface area contributed by atoms with Crippen LogP contribution in [0.2, 0.25) is 0 Å². The lowest BCUT2D eigenvalue weighted by Gasteiger charge is -2.34. The quantitative estimate of drug-likeness (QED) is 0.893. The first kappa shape index (κ1) is 15.6. The third-order valence-electron chi connectivity index (χ3n) is 3.58. The molecule has 1 N–H and O–H groups in total. The number of carbonyl (C=O) groups is 2. The minimum atomic E-state index is -0.609. The average molecular weight is 331 g/mol. The van der Waals surface area contributed by atoms with Gasteiger partial charge in [0, 0.05) is 11.1 Å². The number of nitrogens with zero attached hydrogens (tertiary/aromatic N) is 2. The Hall–Kier alpha value is -2.25. The molecule has 1 aliphatic rings. The monoisotopic (exact) mass is 331 g/mol. The van der Waals surface area contributed by atoms with Gasteiger partial charge >= 0.3 is 0 Å². The number of amides is 2. The van der Waals surface area contributed by atoms with E-state index in [0.717, 1.165) is 10.6 Å². The molecule has 0 aromatic carbocycles. The van der Waals surface area contributed by atoms with Gasteiger partial charge in [0.05, 0.1) is 25.4 Å². The van der Waals surface area contributed by atoms with Gasteiger partial charge in [-0.2, -0.15) is 0 Å². The summed E-state index contributed by atoms with van der Waals surface area (Å²) >= 11 is 1.57. The van der Waals surface area contributed by atoms with E-state index < -0.39 is 6.04 Å². The standard InChI is InChI=1S/C16H17N3O3S/c20-15-11-22-10-14(19(15)9-13-5-3-7-23-13)16(21)18-8-12-4-1-2-6-17-12/h1-7,14H,8-11H2,(H,18,21)/t14-/m0/s1. The maximum absolute atomic E-state index is 12.4. The van der Waals surface area contributed by atoms with E-state index in [2.05, 4.69) is 10.3 Å². The molecule has 6 nitrogen and oxygen atoms in total. The molecule has 0 aliphatic carbocycles. The maximum Gasteiger partial charge on any atom is 0.249 e. The number of aromatic nitrogens is 1. The van der Waals surface area contributed by atoms with Crippen molar-refractivity contribution in [3.63, 3.8) is 0 Å². The van der Waals surface area contributed by atoms with Crippen molar-refractivity contribution in [2.24, 2.45) is 0 Å². The third kappa shape index (κ3) is 3.94. The van der Waals surface area contributed by atoms with Crippen molar-refractivity contribution in [2.75, 3.05) is 13.2 Å². The zero-order valence-electron chi connectivity index (χ0n) is 12.5. The van der Waals surface area contributed by atoms with Gasteiger partial charge in [-0.05, 0) is 23.6 Å². The Bertz CT molecular complexity index is 660. The molecule has 120 valence electrons. The molecule has 0 spiro atoms. The van der Waals surface area contributed by atoms with Crippen molar-refractivity contribution >= 4 is 23.2 Å². The summed E-state index contributed by atoms with van der Waals surface area (Å²) in [5, 5.41) is 4.78. The Morgan fingerprint density at radius 2 is 2.30 bits per heavy atom. The third-order valence-corrected chi connectivity index (χ3v) is 4.44. The summed E-state index contributed by atoms with van der Waals surface area (Å²) in [5.74, 6) is -0.386. The highest BCUT2D eigenvalue weighted by molar-refractivity contribution is 7.09. The Morgan fingerprint density at radius 3 is 3.04 bits per heavy atom. The predicted molar refractivity (Wildman–Crippen MR) is 85.6 cm³/mol. The first-order valence-electron chi connectivity index (χ1n) is 7.31. The molecule has 0 saturated carbocycles. The highest BCUT2D eigenvalue weighted by Crippen LogP contribution is 2.17. The van der Waals surface area contributed by atoms with Crippen LogP contribution in [-0.4, -0.2) is 41.0 Å². The van der Waals surface area contributed by atoms with E-state index in [-0.39, 0.29) is 25.0 Å². The Balaban J connectivity index is 1.65. The summed E-state index contributed by atoms with van der Waals surface area (Å²) in [6, 6.07) is 8.80. The Morgan fingerprint density at radius 1 is 1.39 bits per heavy atom. The number of hydrogen-bond acceptors (Lipinski definition) is 5. The normalized spacial score (nSPS) is 18.0. The van der Waals surface area contributed by atoms with E-state index in [1.165, 1.54) is 0 Å². The fraction of sp³-hybridized carbons (Fsp3) is 0.312. The van der Waals surface area contributed by atoms with Gasteiger partial charge in [-0.3, -0.25) is 14.6 Å². The molecule has 2 aromatic heterocycles. The number of thiophene rings is 1. The number of carbonyl (C=O) groups excluding carboxylic acids is 2. The summed E-state index contributed by atoms with van der Waals surface area (Å²) < 4.78 is 5.25. The maximum atomic E-state index is 12.4. The largest absolute Gasteiger partial charge is 0.369 e. The zero-order valence-corrected chi connectivity index (χ0v) is 13.3. The fourth-order valence-corrected chi connectivity index (χ4v) is 3.09. The van der Waals surface area contributed by atoms with E-state index in [0.29, 0.717) is 13.1 Å². The number of hydrogen-bond donors (Lipinski definition) is 1. The van der Waals surface area contributed by atoms with Gasteiger partial charge in [0.15, 0.2) is 0 Å². The van der Waals surface area contributed by atoms with Gasteiger partial charge < -0.3 is 15.0 Å². The van der Waals surface area contributed by atoms with Crippen molar-refractivity contribution in [1.29, 1.82) is 0 Å². The molecule has 1 aliphatic heterocycles. The molecule has 23 heavy (non-hydrogen) atoms. The number of morpholine rings is 1. The van der Waals surface area contributed by atoms with Crippen molar-refractivity contribution < 1.29 is 14.3 Å². The number of ether oxygens (including phenoxy) is 1. The van der Waals surface area contributed by atoms with Gasteiger partial charge in [0.2, 0.25) is 11.8 Å². The summed E-state index contributed by atoms with van der Waals surface area (Å²) in [6.07, 6.45) is 1.68. The molecule has 1 atom stereocenters. The molecule has 2 aromatic rings. The van der Waals surface area contributed by atoms with Crippen LogP contribution in [0.4, 0.5) is 0 Å². The SMILES string of the molecule is O=C(NCc1ccccn1)[C@@H]1COCC(=O)N1Cc1cccs1. The van der Waals surface area contributed by atoms with Crippen LogP contribution in [0.5, 0.6) is 0 Å². The Labute approximate surface area is 138 Å². The number of rotatable bonds is 5. The summed E-state index contributed by atoms with van der Waals surface area (Å²) in [7, 11) is 0. The highest BCUT2D eigenvalue weighted by atomic mass is 32.1. The first-order chi connectivity index (χ1) is 11.2. The molecule has 7 heteroatoms. The van der Waals surface area contributed by atoms with Crippen LogP contribution < -0.4 is 5.32 Å². The molecule has 2 amide bonds. The van der Waals surface area contributed by atoms with Crippen molar-refractivity contribution in [3.05, 3.63) is 52.5 Å². The predicted octanol–water partition coefficient (Wildman–Crippen LogP) is 1.19. The molecule has 3 rings (SSSR count). The fourth-order valence-electron chi connectivity index (χ4n) is 2.39. The second-order valence-electron chi connectivity index (χ2n) is 5.17. The lowest BCUT2D eigenvalue weighted by molar-refractivity contribution is -0.155. The molecule has 0 radical (unpaired) electrons. The minimum absolute atomic E-state index is 0.0232. The van der Waals surface area contributed by atoms with Crippen LogP contribution in [0, 0.1) is 0 Å². The number of pyridine rings is 1. The molecule has 3 heterocycles. The molecule has 0 unspecified atom stereocenters. The summed E-state index contributed by atoms with van der Waals surface area (Å²) in [6.45, 7) is 0.999.